The second kappa shape index (κ2) is 9.91. The molecule has 0 amide bonds. The summed E-state index contributed by atoms with van der Waals surface area (Å²) < 4.78 is 50.7. The number of nitrogens with one attached hydrogen (secondary N) is 2. The summed E-state index contributed by atoms with van der Waals surface area (Å²) in [5, 5.41) is 14.5. The number of anilines is 1. The van der Waals surface area contributed by atoms with E-state index in [9.17, 15) is 13.2 Å². The van der Waals surface area contributed by atoms with Crippen LogP contribution in [0, 0.1) is 4.77 Å². The summed E-state index contributed by atoms with van der Waals surface area (Å²) in [6.07, 6.45) is -3.90. The maximum absolute atomic E-state index is 14.1. The standard InChI is InChI=1S/C23H29F3N6OS/c1-4-33-11-5-10-31-21(28-29-22(31)34)18-13-20-27-17(12-19(23(24,25)26)32(20)30-18)16-8-6-15(7-9-16)14(2)3/h6-9,13-14,17,19,27H,4-5,10-12H2,1-3H3,(H,29,34)/t17-,19-/m0/s1. The van der Waals surface area contributed by atoms with Crippen LogP contribution in [0.25, 0.3) is 11.5 Å². The van der Waals surface area contributed by atoms with E-state index < -0.39 is 18.3 Å². The number of nitrogens with zero attached hydrogens (tertiary/aromatic N) is 4. The van der Waals surface area contributed by atoms with Crippen molar-refractivity contribution in [1.82, 2.24) is 24.5 Å². The predicted molar refractivity (Wildman–Crippen MR) is 126 cm³/mol. The minimum atomic E-state index is -4.45. The first-order valence-corrected chi connectivity index (χ1v) is 11.9. The van der Waals surface area contributed by atoms with Crippen molar-refractivity contribution < 1.29 is 17.9 Å². The Kier molecular flexibility index (Phi) is 7.13. The third-order valence-corrected chi connectivity index (χ3v) is 6.37. The van der Waals surface area contributed by atoms with Crippen LogP contribution < -0.4 is 5.32 Å². The fourth-order valence-corrected chi connectivity index (χ4v) is 4.43. The van der Waals surface area contributed by atoms with Crippen molar-refractivity contribution in [2.45, 2.75) is 64.3 Å². The first-order valence-electron chi connectivity index (χ1n) is 11.4. The van der Waals surface area contributed by atoms with Gasteiger partial charge in [-0.1, -0.05) is 38.1 Å². The molecule has 0 saturated heterocycles. The van der Waals surface area contributed by atoms with E-state index in [-0.39, 0.29) is 6.42 Å². The number of halogens is 3. The Morgan fingerprint density at radius 2 is 1.97 bits per heavy atom. The Bertz CT molecular complexity index is 1160. The van der Waals surface area contributed by atoms with E-state index in [0.717, 1.165) is 15.8 Å². The summed E-state index contributed by atoms with van der Waals surface area (Å²) in [4.78, 5) is 0. The van der Waals surface area contributed by atoms with E-state index in [1.54, 1.807) is 10.6 Å². The zero-order valence-electron chi connectivity index (χ0n) is 19.4. The molecule has 3 heterocycles. The van der Waals surface area contributed by atoms with Gasteiger partial charge in [0.15, 0.2) is 16.6 Å². The Balaban J connectivity index is 1.65. The van der Waals surface area contributed by atoms with Gasteiger partial charge in [-0.25, -0.2) is 4.68 Å². The molecule has 11 heteroatoms. The highest BCUT2D eigenvalue weighted by Crippen LogP contribution is 2.44. The molecule has 0 fully saturated rings. The highest BCUT2D eigenvalue weighted by atomic mass is 32.1. The summed E-state index contributed by atoms with van der Waals surface area (Å²) in [6.45, 7) is 7.77. The van der Waals surface area contributed by atoms with Crippen LogP contribution in [-0.2, 0) is 11.3 Å². The summed E-state index contributed by atoms with van der Waals surface area (Å²) in [5.74, 6) is 1.06. The molecule has 1 aliphatic rings. The van der Waals surface area contributed by atoms with E-state index >= 15 is 0 Å². The lowest BCUT2D eigenvalue weighted by Crippen LogP contribution is -2.35. The highest BCUT2D eigenvalue weighted by Gasteiger charge is 2.46. The van der Waals surface area contributed by atoms with Gasteiger partial charge in [-0.05, 0) is 42.6 Å². The number of alkyl halides is 3. The number of fused-ring (bicyclic) bond motifs is 1. The number of benzene rings is 1. The maximum atomic E-state index is 14.1. The largest absolute Gasteiger partial charge is 0.410 e. The van der Waals surface area contributed by atoms with Crippen LogP contribution in [0.15, 0.2) is 30.3 Å². The molecule has 184 valence electrons. The first-order chi connectivity index (χ1) is 16.2. The Hall–Kier alpha value is -2.66. The van der Waals surface area contributed by atoms with Crippen LogP contribution in [0.5, 0.6) is 0 Å². The predicted octanol–water partition coefficient (Wildman–Crippen LogP) is 6.01. The maximum Gasteiger partial charge on any atom is 0.410 e. The third-order valence-electron chi connectivity index (χ3n) is 6.06. The SMILES string of the molecule is CCOCCCn1c(-c2cc3n(n2)[C@H](C(F)(F)F)C[C@@H](c2ccc(C(C)C)cc2)N3)n[nH]c1=S. The van der Waals surface area contributed by atoms with Gasteiger partial charge in [-0.15, -0.1) is 0 Å². The van der Waals surface area contributed by atoms with Crippen LogP contribution in [0.3, 0.4) is 0 Å². The molecule has 0 bridgehead atoms. The minimum absolute atomic E-state index is 0.153. The first kappa shape index (κ1) is 24.5. The molecule has 0 unspecified atom stereocenters. The quantitative estimate of drug-likeness (QED) is 0.296. The molecule has 0 spiro atoms. The average Bonchev–Trinajstić information content (AvgIpc) is 3.38. The van der Waals surface area contributed by atoms with Gasteiger partial charge in [0.1, 0.15) is 11.5 Å². The van der Waals surface area contributed by atoms with Crippen molar-refractivity contribution >= 4 is 18.0 Å². The zero-order chi connectivity index (χ0) is 24.5. The fraction of sp³-hybridized carbons (Fsp3) is 0.522. The smallest absolute Gasteiger partial charge is 0.382 e. The molecule has 1 aromatic carbocycles. The van der Waals surface area contributed by atoms with Crippen molar-refractivity contribution in [2.24, 2.45) is 0 Å². The topological polar surface area (TPSA) is 72.7 Å². The Morgan fingerprint density at radius 1 is 1.24 bits per heavy atom. The second-order valence-corrected chi connectivity index (χ2v) is 9.11. The Labute approximate surface area is 201 Å². The van der Waals surface area contributed by atoms with Gasteiger partial charge < -0.3 is 10.1 Å². The highest BCUT2D eigenvalue weighted by molar-refractivity contribution is 7.71. The number of hydrogen-bond acceptors (Lipinski definition) is 5. The van der Waals surface area contributed by atoms with Crippen LogP contribution in [0.1, 0.15) is 62.7 Å². The molecule has 2 aromatic heterocycles. The van der Waals surface area contributed by atoms with Crippen molar-refractivity contribution in [3.63, 3.8) is 0 Å². The van der Waals surface area contributed by atoms with E-state index in [0.29, 0.717) is 54.2 Å². The monoisotopic (exact) mass is 494 g/mol. The van der Waals surface area contributed by atoms with Crippen LogP contribution in [0.2, 0.25) is 0 Å². The lowest BCUT2D eigenvalue weighted by molar-refractivity contribution is -0.173. The molecule has 0 radical (unpaired) electrons. The molecule has 4 rings (SSSR count). The van der Waals surface area contributed by atoms with Gasteiger partial charge in [0, 0.05) is 32.2 Å². The van der Waals surface area contributed by atoms with Gasteiger partial charge in [-0.3, -0.25) is 9.67 Å². The summed E-state index contributed by atoms with van der Waals surface area (Å²) >= 11 is 5.33. The molecule has 7 nitrogen and oxygen atoms in total. The number of rotatable bonds is 8. The van der Waals surface area contributed by atoms with Gasteiger partial charge >= 0.3 is 6.18 Å². The molecule has 1 aliphatic heterocycles. The van der Waals surface area contributed by atoms with Gasteiger partial charge in [-0.2, -0.15) is 23.4 Å². The second-order valence-electron chi connectivity index (χ2n) is 8.73. The number of H-pyrrole nitrogens is 1. The normalized spacial score (nSPS) is 18.2. The molecule has 2 atom stereocenters. The molecule has 2 N–H and O–H groups in total. The molecule has 0 saturated carbocycles. The zero-order valence-corrected chi connectivity index (χ0v) is 20.2. The molecule has 0 aliphatic carbocycles. The number of ether oxygens (including phenoxy) is 1. The number of aromatic nitrogens is 5. The van der Waals surface area contributed by atoms with Crippen molar-refractivity contribution in [2.75, 3.05) is 18.5 Å². The third kappa shape index (κ3) is 5.05. The minimum Gasteiger partial charge on any atom is -0.382 e. The van der Waals surface area contributed by atoms with Crippen molar-refractivity contribution in [3.05, 3.63) is 46.2 Å². The summed E-state index contributed by atoms with van der Waals surface area (Å²) in [6, 6.07) is 7.12. The molecule has 34 heavy (non-hydrogen) atoms. The number of aromatic amines is 1. The molecule has 3 aromatic rings. The Morgan fingerprint density at radius 3 is 2.62 bits per heavy atom. The fourth-order valence-electron chi connectivity index (χ4n) is 4.20. The molecular formula is C23H29F3N6OS. The van der Waals surface area contributed by atoms with Crippen molar-refractivity contribution in [1.29, 1.82) is 0 Å². The van der Waals surface area contributed by atoms with Crippen LogP contribution in [0.4, 0.5) is 19.0 Å². The van der Waals surface area contributed by atoms with Gasteiger partial charge in [0.25, 0.3) is 0 Å². The van der Waals surface area contributed by atoms with E-state index in [4.69, 9.17) is 17.0 Å². The van der Waals surface area contributed by atoms with Gasteiger partial charge in [0.2, 0.25) is 0 Å². The number of hydrogen-bond donors (Lipinski definition) is 2. The summed E-state index contributed by atoms with van der Waals surface area (Å²) in [5.41, 5.74) is 2.29. The van der Waals surface area contributed by atoms with Crippen molar-refractivity contribution in [3.8, 4) is 11.5 Å². The van der Waals surface area contributed by atoms with Crippen LogP contribution >= 0.6 is 12.2 Å². The van der Waals surface area contributed by atoms with Gasteiger partial charge in [0.05, 0.1) is 6.04 Å². The van der Waals surface area contributed by atoms with E-state index in [1.165, 1.54) is 0 Å². The van der Waals surface area contributed by atoms with Crippen LogP contribution in [-0.4, -0.2) is 43.9 Å². The molecular weight excluding hydrogens is 465 g/mol. The average molecular weight is 495 g/mol. The van der Waals surface area contributed by atoms with E-state index in [2.05, 4.69) is 34.5 Å². The lowest BCUT2D eigenvalue weighted by Gasteiger charge is -2.33. The van der Waals surface area contributed by atoms with E-state index in [1.807, 2.05) is 31.2 Å². The lowest BCUT2D eigenvalue weighted by atomic mass is 9.94. The summed E-state index contributed by atoms with van der Waals surface area (Å²) in [7, 11) is 0.